The fourth-order valence-corrected chi connectivity index (χ4v) is 2.45. The number of carbonyl (C=O) groups excluding carboxylic acids is 1. The molecule has 4 heteroatoms. The number of likely N-dealkylation sites (tertiary alicyclic amines) is 1. The van der Waals surface area contributed by atoms with Crippen molar-refractivity contribution in [1.29, 1.82) is 0 Å². The lowest BCUT2D eigenvalue weighted by Crippen LogP contribution is -2.40. The minimum atomic E-state index is 0.0597. The van der Waals surface area contributed by atoms with Crippen molar-refractivity contribution in [3.05, 3.63) is 35.9 Å². The molecule has 104 valence electrons. The highest BCUT2D eigenvalue weighted by atomic mass is 16.1. The average molecular weight is 261 g/mol. The average Bonchev–Trinajstić information content (AvgIpc) is 2.83. The van der Waals surface area contributed by atoms with Gasteiger partial charge < -0.3 is 15.5 Å². The van der Waals surface area contributed by atoms with E-state index in [1.54, 1.807) is 0 Å². The van der Waals surface area contributed by atoms with E-state index in [-0.39, 0.29) is 5.91 Å². The van der Waals surface area contributed by atoms with Gasteiger partial charge in [-0.15, -0.1) is 0 Å². The van der Waals surface area contributed by atoms with Crippen LogP contribution in [-0.4, -0.2) is 43.5 Å². The van der Waals surface area contributed by atoms with Crippen molar-refractivity contribution in [3.63, 3.8) is 0 Å². The van der Waals surface area contributed by atoms with Gasteiger partial charge in [0.15, 0.2) is 0 Å². The summed E-state index contributed by atoms with van der Waals surface area (Å²) in [5.41, 5.74) is 1.13. The molecule has 1 aliphatic rings. The second-order valence-corrected chi connectivity index (χ2v) is 5.17. The van der Waals surface area contributed by atoms with Gasteiger partial charge in [-0.2, -0.15) is 0 Å². The molecule has 0 spiro atoms. The van der Waals surface area contributed by atoms with Crippen LogP contribution < -0.4 is 10.6 Å². The Bertz CT molecular complexity index is 394. The third kappa shape index (κ3) is 4.65. The van der Waals surface area contributed by atoms with E-state index in [4.69, 9.17) is 0 Å². The largest absolute Gasteiger partial charge is 0.351 e. The third-order valence-electron chi connectivity index (χ3n) is 3.67. The van der Waals surface area contributed by atoms with Crippen LogP contribution in [0.25, 0.3) is 0 Å². The fraction of sp³-hybridized carbons (Fsp3) is 0.533. The van der Waals surface area contributed by atoms with Crippen LogP contribution in [0.2, 0.25) is 0 Å². The second kappa shape index (κ2) is 7.26. The summed E-state index contributed by atoms with van der Waals surface area (Å²) in [5.74, 6) is 0.0597. The molecule has 1 aliphatic heterocycles. The number of nitrogens with one attached hydrogen (secondary N) is 2. The minimum Gasteiger partial charge on any atom is -0.351 e. The number of rotatable bonds is 6. The summed E-state index contributed by atoms with van der Waals surface area (Å²) in [6.07, 6.45) is 2.50. The summed E-state index contributed by atoms with van der Waals surface area (Å²) >= 11 is 0. The highest BCUT2D eigenvalue weighted by molar-refractivity contribution is 5.77. The van der Waals surface area contributed by atoms with Crippen LogP contribution in [0.4, 0.5) is 0 Å². The summed E-state index contributed by atoms with van der Waals surface area (Å²) in [6, 6.07) is 10.6. The maximum atomic E-state index is 11.7. The highest BCUT2D eigenvalue weighted by Gasteiger charge is 2.20. The number of hydrogen-bond donors (Lipinski definition) is 2. The Morgan fingerprint density at radius 2 is 2.16 bits per heavy atom. The van der Waals surface area contributed by atoms with Crippen LogP contribution >= 0.6 is 0 Å². The first kappa shape index (κ1) is 14.0. The standard InChI is InChI=1S/C15H23N3O/c1-18-9-5-8-14(18)11-16-12-15(19)17-10-13-6-3-2-4-7-13/h2-4,6-7,14,16H,5,8-12H2,1H3,(H,17,19). The number of likely N-dealkylation sites (N-methyl/N-ethyl adjacent to an activating group) is 1. The number of hydrogen-bond acceptors (Lipinski definition) is 3. The normalized spacial score (nSPS) is 19.5. The Labute approximate surface area is 115 Å². The number of nitrogens with zero attached hydrogens (tertiary/aromatic N) is 1. The molecule has 2 N–H and O–H groups in total. The van der Waals surface area contributed by atoms with Crippen molar-refractivity contribution >= 4 is 5.91 Å². The van der Waals surface area contributed by atoms with E-state index in [1.807, 2.05) is 30.3 Å². The lowest BCUT2D eigenvalue weighted by Gasteiger charge is -2.19. The molecule has 0 radical (unpaired) electrons. The van der Waals surface area contributed by atoms with Gasteiger partial charge in [-0.3, -0.25) is 4.79 Å². The molecule has 1 aromatic rings. The van der Waals surface area contributed by atoms with Gasteiger partial charge >= 0.3 is 0 Å². The van der Waals surface area contributed by atoms with Crippen LogP contribution in [0.1, 0.15) is 18.4 Å². The number of amides is 1. The third-order valence-corrected chi connectivity index (χ3v) is 3.67. The van der Waals surface area contributed by atoms with Crippen molar-refractivity contribution in [2.24, 2.45) is 0 Å². The lowest BCUT2D eigenvalue weighted by atomic mass is 10.2. The van der Waals surface area contributed by atoms with Crippen molar-refractivity contribution in [2.45, 2.75) is 25.4 Å². The molecule has 0 saturated carbocycles. The molecule has 0 aliphatic carbocycles. The molecule has 4 nitrogen and oxygen atoms in total. The zero-order chi connectivity index (χ0) is 13.5. The van der Waals surface area contributed by atoms with Crippen molar-refractivity contribution in [1.82, 2.24) is 15.5 Å². The molecular weight excluding hydrogens is 238 g/mol. The molecule has 1 aromatic carbocycles. The molecule has 1 unspecified atom stereocenters. The summed E-state index contributed by atoms with van der Waals surface area (Å²) in [6.45, 7) is 3.07. The molecule has 19 heavy (non-hydrogen) atoms. The molecule has 1 heterocycles. The highest BCUT2D eigenvalue weighted by Crippen LogP contribution is 2.13. The molecule has 1 fully saturated rings. The quantitative estimate of drug-likeness (QED) is 0.802. The van der Waals surface area contributed by atoms with Crippen LogP contribution in [-0.2, 0) is 11.3 Å². The van der Waals surface area contributed by atoms with E-state index in [9.17, 15) is 4.79 Å². The molecule has 2 rings (SSSR count). The smallest absolute Gasteiger partial charge is 0.234 e. The zero-order valence-corrected chi connectivity index (χ0v) is 11.6. The van der Waals surface area contributed by atoms with E-state index in [1.165, 1.54) is 19.4 Å². The summed E-state index contributed by atoms with van der Waals surface area (Å²) < 4.78 is 0. The van der Waals surface area contributed by atoms with Gasteiger partial charge in [-0.1, -0.05) is 30.3 Å². The summed E-state index contributed by atoms with van der Waals surface area (Å²) in [7, 11) is 2.15. The molecule has 1 atom stereocenters. The van der Waals surface area contributed by atoms with Crippen LogP contribution in [0.5, 0.6) is 0 Å². The predicted octanol–water partition coefficient (Wildman–Crippen LogP) is 0.987. The van der Waals surface area contributed by atoms with Crippen molar-refractivity contribution in [3.8, 4) is 0 Å². The van der Waals surface area contributed by atoms with E-state index >= 15 is 0 Å². The van der Waals surface area contributed by atoms with Crippen LogP contribution in [0.15, 0.2) is 30.3 Å². The Hall–Kier alpha value is -1.39. The van der Waals surface area contributed by atoms with Crippen LogP contribution in [0.3, 0.4) is 0 Å². The molecule has 1 amide bonds. The Morgan fingerprint density at radius 3 is 2.84 bits per heavy atom. The Kier molecular flexibility index (Phi) is 5.36. The fourth-order valence-electron chi connectivity index (χ4n) is 2.45. The van der Waals surface area contributed by atoms with Crippen molar-refractivity contribution < 1.29 is 4.79 Å². The zero-order valence-electron chi connectivity index (χ0n) is 11.6. The van der Waals surface area contributed by atoms with Gasteiger partial charge in [0.25, 0.3) is 0 Å². The maximum Gasteiger partial charge on any atom is 0.234 e. The molecule has 0 bridgehead atoms. The summed E-state index contributed by atoms with van der Waals surface area (Å²) in [5, 5.41) is 6.16. The number of carbonyl (C=O) groups is 1. The van der Waals surface area contributed by atoms with Gasteiger partial charge in [0.1, 0.15) is 0 Å². The van der Waals surface area contributed by atoms with E-state index in [0.717, 1.165) is 12.1 Å². The predicted molar refractivity (Wildman–Crippen MR) is 76.8 cm³/mol. The maximum absolute atomic E-state index is 11.7. The van der Waals surface area contributed by atoms with Crippen LogP contribution in [0, 0.1) is 0 Å². The SMILES string of the molecule is CN1CCCC1CNCC(=O)NCc1ccccc1. The first-order chi connectivity index (χ1) is 9.25. The van der Waals surface area contributed by atoms with Gasteiger partial charge in [0, 0.05) is 19.1 Å². The molecular formula is C15H23N3O. The monoisotopic (exact) mass is 261 g/mol. The van der Waals surface area contributed by atoms with E-state index < -0.39 is 0 Å². The van der Waals surface area contributed by atoms with Gasteiger partial charge in [0.05, 0.1) is 6.54 Å². The van der Waals surface area contributed by atoms with Gasteiger partial charge in [-0.05, 0) is 32.0 Å². The van der Waals surface area contributed by atoms with E-state index in [2.05, 4.69) is 22.6 Å². The first-order valence-corrected chi connectivity index (χ1v) is 6.97. The minimum absolute atomic E-state index is 0.0597. The second-order valence-electron chi connectivity index (χ2n) is 5.17. The number of benzene rings is 1. The van der Waals surface area contributed by atoms with Gasteiger partial charge in [0.2, 0.25) is 5.91 Å². The topological polar surface area (TPSA) is 44.4 Å². The van der Waals surface area contributed by atoms with E-state index in [0.29, 0.717) is 19.1 Å². The first-order valence-electron chi connectivity index (χ1n) is 6.97. The van der Waals surface area contributed by atoms with Gasteiger partial charge in [-0.25, -0.2) is 0 Å². The summed E-state index contributed by atoms with van der Waals surface area (Å²) in [4.78, 5) is 14.0. The lowest BCUT2D eigenvalue weighted by molar-refractivity contribution is -0.120. The van der Waals surface area contributed by atoms with Crippen molar-refractivity contribution in [2.75, 3.05) is 26.7 Å². The molecule has 1 saturated heterocycles. The molecule has 0 aromatic heterocycles. The Balaban J connectivity index is 1.60. The Morgan fingerprint density at radius 1 is 1.37 bits per heavy atom.